The molecule has 2 aromatic heterocycles. The number of hydrogen-bond acceptors (Lipinski definition) is 7. The van der Waals surface area contributed by atoms with Crippen molar-refractivity contribution in [2.75, 3.05) is 42.5 Å². The fraction of sp³-hybridized carbons (Fsp3) is 0.231. The highest BCUT2D eigenvalue weighted by molar-refractivity contribution is 8.26. The molecule has 0 saturated carbocycles. The van der Waals surface area contributed by atoms with Gasteiger partial charge in [0, 0.05) is 44.6 Å². The van der Waals surface area contributed by atoms with Crippen LogP contribution in [0.4, 0.5) is 15.9 Å². The molecular formula is C26H24FN5O2S2. The van der Waals surface area contributed by atoms with E-state index in [0.717, 1.165) is 11.3 Å². The molecule has 3 aromatic rings. The first-order chi connectivity index (χ1) is 17.4. The van der Waals surface area contributed by atoms with Gasteiger partial charge in [-0.05, 0) is 48.9 Å². The van der Waals surface area contributed by atoms with Crippen LogP contribution in [0.2, 0.25) is 0 Å². The van der Waals surface area contributed by atoms with Crippen LogP contribution in [0.1, 0.15) is 11.1 Å². The van der Waals surface area contributed by atoms with Crippen molar-refractivity contribution >= 4 is 57.4 Å². The summed E-state index contributed by atoms with van der Waals surface area (Å²) in [5.74, 6) is 0.0268. The predicted octanol–water partition coefficient (Wildman–Crippen LogP) is 3.86. The zero-order valence-corrected chi connectivity index (χ0v) is 21.3. The lowest BCUT2D eigenvalue weighted by Gasteiger charge is -2.37. The number of carbonyl (C=O) groups excluding carboxylic acids is 1. The van der Waals surface area contributed by atoms with Crippen molar-refractivity contribution in [1.29, 1.82) is 0 Å². The van der Waals surface area contributed by atoms with Gasteiger partial charge in [-0.1, -0.05) is 36.1 Å². The molecule has 1 amide bonds. The highest BCUT2D eigenvalue weighted by Gasteiger charge is 2.32. The Morgan fingerprint density at radius 1 is 1.08 bits per heavy atom. The first-order valence-electron chi connectivity index (χ1n) is 11.5. The number of aromatic nitrogens is 2. The Kier molecular flexibility index (Phi) is 6.63. The maximum absolute atomic E-state index is 13.7. The van der Waals surface area contributed by atoms with Gasteiger partial charge in [-0.15, -0.1) is 6.58 Å². The summed E-state index contributed by atoms with van der Waals surface area (Å²) in [6.45, 7) is 8.51. The van der Waals surface area contributed by atoms with Gasteiger partial charge >= 0.3 is 0 Å². The van der Waals surface area contributed by atoms with E-state index >= 15 is 0 Å². The first-order valence-corrected chi connectivity index (χ1v) is 12.7. The molecule has 0 aliphatic carbocycles. The lowest BCUT2D eigenvalue weighted by Crippen LogP contribution is -2.47. The van der Waals surface area contributed by atoms with E-state index in [2.05, 4.69) is 16.4 Å². The molecule has 0 radical (unpaired) electrons. The molecule has 184 valence electrons. The standard InChI is InChI=1S/C26H24FN5O2S2/c1-3-10-31-25(34)21(36-26(31)35)15-20-23(28-22-9-4-17(2)16-32(22)24(20)33)30-13-11-29(12-14-30)19-7-5-18(27)6-8-19/h3-9,15-16H,1,10-14H2,2H3. The molecule has 1 aromatic carbocycles. The van der Waals surface area contributed by atoms with Crippen molar-refractivity contribution in [2.24, 2.45) is 0 Å². The van der Waals surface area contributed by atoms with Crippen LogP contribution in [0.15, 0.2) is 64.9 Å². The topological polar surface area (TPSA) is 61.2 Å². The summed E-state index contributed by atoms with van der Waals surface area (Å²) >= 11 is 6.55. The minimum Gasteiger partial charge on any atom is -0.368 e. The first kappa shape index (κ1) is 24.2. The number of benzene rings is 1. The van der Waals surface area contributed by atoms with Gasteiger partial charge in [0.1, 0.15) is 21.6 Å². The number of thiocarbonyl (C=S) groups is 1. The molecule has 2 saturated heterocycles. The Morgan fingerprint density at radius 3 is 2.47 bits per heavy atom. The number of carbonyl (C=O) groups is 1. The number of fused-ring (bicyclic) bond motifs is 1. The average molecular weight is 522 g/mol. The van der Waals surface area contributed by atoms with Crippen molar-refractivity contribution in [3.05, 3.63) is 87.5 Å². The molecule has 0 bridgehead atoms. The van der Waals surface area contributed by atoms with Gasteiger partial charge < -0.3 is 9.80 Å². The number of nitrogens with zero attached hydrogens (tertiary/aromatic N) is 5. The highest BCUT2D eigenvalue weighted by atomic mass is 32.2. The number of hydrogen-bond donors (Lipinski definition) is 0. The third-order valence-electron chi connectivity index (χ3n) is 6.22. The quantitative estimate of drug-likeness (QED) is 0.287. The van der Waals surface area contributed by atoms with Crippen molar-refractivity contribution in [1.82, 2.24) is 14.3 Å². The number of rotatable bonds is 5. The molecule has 10 heteroatoms. The normalized spacial score (nSPS) is 17.5. The fourth-order valence-corrected chi connectivity index (χ4v) is 5.62. The number of piperazine rings is 1. The minimum absolute atomic E-state index is 0.242. The molecule has 4 heterocycles. The summed E-state index contributed by atoms with van der Waals surface area (Å²) in [5.41, 5.74) is 2.53. The molecule has 0 N–H and O–H groups in total. The van der Waals surface area contributed by atoms with E-state index in [1.54, 1.807) is 30.5 Å². The lowest BCUT2D eigenvalue weighted by atomic mass is 10.2. The Labute approximate surface area is 217 Å². The number of pyridine rings is 1. The van der Waals surface area contributed by atoms with Crippen LogP contribution in [0.5, 0.6) is 0 Å². The van der Waals surface area contributed by atoms with Gasteiger partial charge in [0.05, 0.1) is 10.5 Å². The van der Waals surface area contributed by atoms with E-state index in [9.17, 15) is 14.0 Å². The van der Waals surface area contributed by atoms with Crippen LogP contribution in [-0.2, 0) is 4.79 Å². The van der Waals surface area contributed by atoms with Crippen molar-refractivity contribution in [2.45, 2.75) is 6.92 Å². The van der Waals surface area contributed by atoms with E-state index in [1.165, 1.54) is 33.2 Å². The zero-order chi connectivity index (χ0) is 25.4. The summed E-state index contributed by atoms with van der Waals surface area (Å²) < 4.78 is 15.3. The second kappa shape index (κ2) is 9.87. The van der Waals surface area contributed by atoms with Crippen LogP contribution in [-0.4, -0.2) is 57.2 Å². The Morgan fingerprint density at radius 2 is 1.78 bits per heavy atom. The Bertz CT molecular complexity index is 1460. The molecule has 0 unspecified atom stereocenters. The SMILES string of the molecule is C=CCN1C(=O)C(=Cc2c(N3CCN(c4ccc(F)cc4)CC3)nc3ccc(C)cn3c2=O)SC1=S. The summed E-state index contributed by atoms with van der Waals surface area (Å²) in [5, 5.41) is 0. The van der Waals surface area contributed by atoms with Gasteiger partial charge in [0.25, 0.3) is 11.5 Å². The van der Waals surface area contributed by atoms with E-state index in [0.29, 0.717) is 59.0 Å². The largest absolute Gasteiger partial charge is 0.368 e. The summed E-state index contributed by atoms with van der Waals surface area (Å²) in [6, 6.07) is 10.2. The Balaban J connectivity index is 1.53. The average Bonchev–Trinajstić information content (AvgIpc) is 3.14. The fourth-order valence-electron chi connectivity index (χ4n) is 4.36. The van der Waals surface area contributed by atoms with Crippen LogP contribution in [0.3, 0.4) is 0 Å². The minimum atomic E-state index is -0.267. The maximum Gasteiger partial charge on any atom is 0.267 e. The van der Waals surface area contributed by atoms with Gasteiger partial charge in [0.2, 0.25) is 0 Å². The maximum atomic E-state index is 13.7. The highest BCUT2D eigenvalue weighted by Crippen LogP contribution is 2.33. The number of halogens is 1. The third kappa shape index (κ3) is 4.54. The lowest BCUT2D eigenvalue weighted by molar-refractivity contribution is -0.121. The molecule has 0 spiro atoms. The van der Waals surface area contributed by atoms with E-state index < -0.39 is 0 Å². The zero-order valence-electron chi connectivity index (χ0n) is 19.7. The third-order valence-corrected chi connectivity index (χ3v) is 7.59. The van der Waals surface area contributed by atoms with Gasteiger partial charge in [0.15, 0.2) is 0 Å². The molecule has 2 aliphatic rings. The van der Waals surface area contributed by atoms with Crippen LogP contribution < -0.4 is 15.4 Å². The van der Waals surface area contributed by atoms with Crippen LogP contribution in [0, 0.1) is 12.7 Å². The molecular weight excluding hydrogens is 497 g/mol. The monoisotopic (exact) mass is 521 g/mol. The van der Waals surface area contributed by atoms with Gasteiger partial charge in [-0.3, -0.25) is 18.9 Å². The number of anilines is 2. The van der Waals surface area contributed by atoms with E-state index in [-0.39, 0.29) is 17.3 Å². The van der Waals surface area contributed by atoms with Crippen LogP contribution in [0.25, 0.3) is 11.7 Å². The summed E-state index contributed by atoms with van der Waals surface area (Å²) in [6.07, 6.45) is 4.99. The van der Waals surface area contributed by atoms with Crippen molar-refractivity contribution in [3.8, 4) is 0 Å². The number of aryl methyl sites for hydroxylation is 1. The smallest absolute Gasteiger partial charge is 0.267 e. The molecule has 7 nitrogen and oxygen atoms in total. The van der Waals surface area contributed by atoms with Gasteiger partial charge in [-0.2, -0.15) is 0 Å². The second-order valence-corrected chi connectivity index (χ2v) is 10.3. The van der Waals surface area contributed by atoms with Gasteiger partial charge in [-0.25, -0.2) is 9.37 Å². The number of amides is 1. The predicted molar refractivity (Wildman–Crippen MR) is 147 cm³/mol. The Hall–Kier alpha value is -3.50. The van der Waals surface area contributed by atoms with E-state index in [4.69, 9.17) is 17.2 Å². The summed E-state index contributed by atoms with van der Waals surface area (Å²) in [7, 11) is 0. The summed E-state index contributed by atoms with van der Waals surface area (Å²) in [4.78, 5) is 37.6. The van der Waals surface area contributed by atoms with E-state index in [1.807, 2.05) is 19.1 Å². The van der Waals surface area contributed by atoms with Crippen molar-refractivity contribution in [3.63, 3.8) is 0 Å². The molecule has 5 rings (SSSR count). The molecule has 2 fully saturated rings. The van der Waals surface area contributed by atoms with Crippen molar-refractivity contribution < 1.29 is 9.18 Å². The van der Waals surface area contributed by atoms with Crippen LogP contribution >= 0.6 is 24.0 Å². The molecule has 2 aliphatic heterocycles. The molecule has 0 atom stereocenters. The molecule has 36 heavy (non-hydrogen) atoms. The number of thioether (sulfide) groups is 1. The second-order valence-electron chi connectivity index (χ2n) is 8.62.